The molecular weight excluding hydrogens is 392 g/mol. The number of nitrogens with one attached hydrogen (secondary N) is 1. The number of amides is 2. The molecule has 0 aliphatic carbocycles. The summed E-state index contributed by atoms with van der Waals surface area (Å²) in [5, 5.41) is 12.5. The lowest BCUT2D eigenvalue weighted by Crippen LogP contribution is -2.47. The summed E-state index contributed by atoms with van der Waals surface area (Å²) in [5.41, 5.74) is 1.78. The van der Waals surface area contributed by atoms with Crippen LogP contribution in [0.2, 0.25) is 0 Å². The fraction of sp³-hybridized carbons (Fsp3) is 0.440. The zero-order valence-corrected chi connectivity index (χ0v) is 17.7. The lowest BCUT2D eigenvalue weighted by molar-refractivity contribution is -0.0272. The Morgan fingerprint density at radius 1 is 1.00 bits per heavy atom. The predicted molar refractivity (Wildman–Crippen MR) is 118 cm³/mol. The molecule has 0 radical (unpaired) electrons. The third-order valence-electron chi connectivity index (χ3n) is 6.39. The third kappa shape index (κ3) is 5.25. The van der Waals surface area contributed by atoms with Gasteiger partial charge < -0.3 is 20.1 Å². The number of aromatic hydroxyl groups is 1. The molecule has 2 aliphatic heterocycles. The summed E-state index contributed by atoms with van der Waals surface area (Å²) in [6.07, 6.45) is 3.37. The highest BCUT2D eigenvalue weighted by Crippen LogP contribution is 2.33. The molecule has 6 heteroatoms. The maximum atomic E-state index is 12.7. The molecule has 2 aromatic rings. The van der Waals surface area contributed by atoms with E-state index in [0.717, 1.165) is 25.0 Å². The minimum absolute atomic E-state index is 0.0175. The fourth-order valence-electron chi connectivity index (χ4n) is 4.60. The first-order chi connectivity index (χ1) is 15.1. The number of rotatable bonds is 5. The van der Waals surface area contributed by atoms with Crippen molar-refractivity contribution in [3.63, 3.8) is 0 Å². The summed E-state index contributed by atoms with van der Waals surface area (Å²) in [4.78, 5) is 27.2. The Bertz CT molecular complexity index is 876. The first-order valence-corrected chi connectivity index (χ1v) is 11.1. The van der Waals surface area contributed by atoms with Gasteiger partial charge in [-0.05, 0) is 55.5 Å². The maximum Gasteiger partial charge on any atom is 0.317 e. The van der Waals surface area contributed by atoms with Crippen LogP contribution in [0.5, 0.6) is 5.75 Å². The first kappa shape index (κ1) is 21.4. The van der Waals surface area contributed by atoms with Crippen LogP contribution in [0.15, 0.2) is 54.6 Å². The number of urea groups is 1. The van der Waals surface area contributed by atoms with E-state index in [-0.39, 0.29) is 35.5 Å². The van der Waals surface area contributed by atoms with Gasteiger partial charge in [-0.25, -0.2) is 4.79 Å². The van der Waals surface area contributed by atoms with E-state index in [4.69, 9.17) is 4.74 Å². The molecule has 2 fully saturated rings. The Morgan fingerprint density at radius 3 is 2.42 bits per heavy atom. The molecule has 2 aromatic carbocycles. The molecule has 31 heavy (non-hydrogen) atoms. The molecule has 164 valence electrons. The number of ether oxygens (including phenoxy) is 1. The minimum atomic E-state index is -0.0807. The summed E-state index contributed by atoms with van der Waals surface area (Å²) in [6, 6.07) is 16.5. The van der Waals surface area contributed by atoms with Gasteiger partial charge in [-0.1, -0.05) is 30.3 Å². The van der Waals surface area contributed by atoms with Gasteiger partial charge in [0.2, 0.25) is 0 Å². The van der Waals surface area contributed by atoms with Crippen molar-refractivity contribution in [3.05, 3.63) is 65.7 Å². The van der Waals surface area contributed by atoms with Crippen molar-refractivity contribution in [2.75, 3.05) is 26.2 Å². The average molecular weight is 423 g/mol. The van der Waals surface area contributed by atoms with E-state index in [1.807, 2.05) is 23.1 Å². The number of phenols is 1. The summed E-state index contributed by atoms with van der Waals surface area (Å²) < 4.78 is 6.03. The highest BCUT2D eigenvalue weighted by Gasteiger charge is 2.30. The van der Waals surface area contributed by atoms with E-state index < -0.39 is 0 Å². The molecule has 0 spiro atoms. The predicted octanol–water partition coefficient (Wildman–Crippen LogP) is 4.16. The monoisotopic (exact) mass is 422 g/mol. The normalized spacial score (nSPS) is 22.1. The van der Waals surface area contributed by atoms with Gasteiger partial charge in [-0.15, -0.1) is 0 Å². The third-order valence-corrected chi connectivity index (χ3v) is 6.39. The molecule has 2 saturated heterocycles. The molecule has 0 aromatic heterocycles. The molecule has 2 heterocycles. The molecule has 2 N–H and O–H groups in total. The molecule has 0 bridgehead atoms. The molecule has 2 atom stereocenters. The van der Waals surface area contributed by atoms with Crippen LogP contribution in [-0.4, -0.2) is 48.1 Å². The summed E-state index contributed by atoms with van der Waals surface area (Å²) in [7, 11) is 0. The van der Waals surface area contributed by atoms with Crippen molar-refractivity contribution in [3.8, 4) is 5.75 Å². The van der Waals surface area contributed by atoms with Gasteiger partial charge in [0.15, 0.2) is 5.78 Å². The number of hydrogen-bond donors (Lipinski definition) is 2. The van der Waals surface area contributed by atoms with E-state index in [2.05, 4.69) is 17.4 Å². The largest absolute Gasteiger partial charge is 0.508 e. The number of phenolic OH excluding ortho intramolecular Hbond substituents is 1. The topological polar surface area (TPSA) is 78.9 Å². The second-order valence-electron chi connectivity index (χ2n) is 8.46. The molecule has 6 nitrogen and oxygen atoms in total. The van der Waals surface area contributed by atoms with Gasteiger partial charge in [0, 0.05) is 43.6 Å². The van der Waals surface area contributed by atoms with Crippen LogP contribution in [0, 0.1) is 11.8 Å². The van der Waals surface area contributed by atoms with Crippen molar-refractivity contribution in [2.24, 2.45) is 11.8 Å². The zero-order valence-electron chi connectivity index (χ0n) is 17.7. The van der Waals surface area contributed by atoms with Gasteiger partial charge in [0.25, 0.3) is 0 Å². The lowest BCUT2D eigenvalue weighted by Gasteiger charge is -2.34. The average Bonchev–Trinajstić information content (AvgIpc) is 2.83. The summed E-state index contributed by atoms with van der Waals surface area (Å²) in [5.74, 6) is 0.419. The Morgan fingerprint density at radius 2 is 1.71 bits per heavy atom. The van der Waals surface area contributed by atoms with Crippen LogP contribution in [-0.2, 0) is 4.74 Å². The van der Waals surface area contributed by atoms with Crippen molar-refractivity contribution < 1.29 is 19.4 Å². The minimum Gasteiger partial charge on any atom is -0.508 e. The number of hydrogen-bond acceptors (Lipinski definition) is 4. The number of carbonyl (C=O) groups is 2. The SMILES string of the molecule is O=C(c1ccc(O)cc1)C1CCN(C(=O)NCC2CCCOC2c2ccccc2)CC1. The van der Waals surface area contributed by atoms with Crippen molar-refractivity contribution >= 4 is 11.8 Å². The first-order valence-electron chi connectivity index (χ1n) is 11.1. The van der Waals surface area contributed by atoms with Crippen molar-refractivity contribution in [1.82, 2.24) is 10.2 Å². The number of benzene rings is 2. The number of carbonyl (C=O) groups excluding carboxylic acids is 2. The number of nitrogens with zero attached hydrogens (tertiary/aromatic N) is 1. The molecule has 2 aliphatic rings. The lowest BCUT2D eigenvalue weighted by atomic mass is 9.88. The molecule has 0 saturated carbocycles. The van der Waals surface area contributed by atoms with Gasteiger partial charge >= 0.3 is 6.03 Å². The highest BCUT2D eigenvalue weighted by molar-refractivity contribution is 5.98. The summed E-state index contributed by atoms with van der Waals surface area (Å²) in [6.45, 7) is 2.49. The molecule has 2 amide bonds. The highest BCUT2D eigenvalue weighted by atomic mass is 16.5. The van der Waals surface area contributed by atoms with Crippen molar-refractivity contribution in [2.45, 2.75) is 31.8 Å². The molecule has 2 unspecified atom stereocenters. The Hall–Kier alpha value is -2.86. The van der Waals surface area contributed by atoms with Crippen LogP contribution in [0.4, 0.5) is 4.79 Å². The van der Waals surface area contributed by atoms with Gasteiger partial charge in [-0.3, -0.25) is 4.79 Å². The standard InChI is InChI=1S/C25H30N2O4/c28-22-10-8-18(9-11-22)23(29)19-12-14-27(15-13-19)25(30)26-17-21-7-4-16-31-24(21)20-5-2-1-3-6-20/h1-3,5-6,8-11,19,21,24,28H,4,7,12-17H2,(H,26,30). The van der Waals surface area contributed by atoms with E-state index in [0.29, 0.717) is 38.0 Å². The van der Waals surface area contributed by atoms with E-state index in [9.17, 15) is 14.7 Å². The summed E-state index contributed by atoms with van der Waals surface area (Å²) >= 11 is 0. The van der Waals surface area contributed by atoms with Gasteiger partial charge in [0.1, 0.15) is 5.75 Å². The Labute approximate surface area is 183 Å². The van der Waals surface area contributed by atoms with Crippen LogP contribution in [0.1, 0.15) is 47.7 Å². The van der Waals surface area contributed by atoms with Crippen molar-refractivity contribution in [1.29, 1.82) is 0 Å². The Balaban J connectivity index is 1.27. The second kappa shape index (κ2) is 9.96. The maximum absolute atomic E-state index is 12.7. The fourth-order valence-corrected chi connectivity index (χ4v) is 4.60. The number of ketones is 1. The number of piperidine rings is 1. The van der Waals surface area contributed by atoms with Crippen LogP contribution in [0.3, 0.4) is 0 Å². The van der Waals surface area contributed by atoms with Gasteiger partial charge in [-0.2, -0.15) is 0 Å². The second-order valence-corrected chi connectivity index (χ2v) is 8.46. The molecular formula is C25H30N2O4. The molecule has 4 rings (SSSR count). The van der Waals surface area contributed by atoms with Crippen LogP contribution in [0.25, 0.3) is 0 Å². The number of likely N-dealkylation sites (tertiary alicyclic amines) is 1. The van der Waals surface area contributed by atoms with E-state index >= 15 is 0 Å². The quantitative estimate of drug-likeness (QED) is 0.709. The van der Waals surface area contributed by atoms with Crippen LogP contribution >= 0.6 is 0 Å². The van der Waals surface area contributed by atoms with Crippen LogP contribution < -0.4 is 5.32 Å². The van der Waals surface area contributed by atoms with Gasteiger partial charge in [0.05, 0.1) is 6.10 Å². The zero-order chi connectivity index (χ0) is 21.6. The van der Waals surface area contributed by atoms with E-state index in [1.54, 1.807) is 12.1 Å². The smallest absolute Gasteiger partial charge is 0.317 e. The van der Waals surface area contributed by atoms with E-state index in [1.165, 1.54) is 12.1 Å². The Kier molecular flexibility index (Phi) is 6.87. The number of Topliss-reactive ketones (excluding diaryl/α,β-unsaturated/α-hetero) is 1.